The van der Waals surface area contributed by atoms with E-state index in [1.54, 1.807) is 0 Å². The Balaban J connectivity index is 2.30. The minimum absolute atomic E-state index is 0.528. The average Bonchev–Trinajstić information content (AvgIpc) is 2.65. The third-order valence-electron chi connectivity index (χ3n) is 3.16. The van der Waals surface area contributed by atoms with Gasteiger partial charge in [-0.2, -0.15) is 5.26 Å². The minimum Gasteiger partial charge on any atom is -0.345 e. The van der Waals surface area contributed by atoms with Gasteiger partial charge in [-0.05, 0) is 30.2 Å². The van der Waals surface area contributed by atoms with E-state index in [9.17, 15) is 0 Å². The fourth-order valence-electron chi connectivity index (χ4n) is 2.32. The maximum absolute atomic E-state index is 8.97. The Morgan fingerprint density at radius 1 is 1.29 bits per heavy atom. The van der Waals surface area contributed by atoms with Crippen LogP contribution in [-0.4, -0.2) is 4.98 Å². The lowest BCUT2D eigenvalue weighted by Gasteiger charge is -2.03. The number of benzene rings is 1. The molecule has 82 valence electrons. The number of rotatable bonds is 0. The van der Waals surface area contributed by atoms with E-state index >= 15 is 0 Å². The van der Waals surface area contributed by atoms with E-state index in [0.29, 0.717) is 10.2 Å². The van der Waals surface area contributed by atoms with E-state index in [2.05, 4.69) is 36.2 Å². The Hall–Kier alpha value is -1.92. The van der Waals surface area contributed by atoms with E-state index in [-0.39, 0.29) is 0 Å². The highest BCUT2D eigenvalue weighted by molar-refractivity contribution is 7.71. The van der Waals surface area contributed by atoms with Crippen LogP contribution in [0.4, 0.5) is 0 Å². The third kappa shape index (κ3) is 1.49. The Morgan fingerprint density at radius 3 is 2.88 bits per heavy atom. The van der Waals surface area contributed by atoms with Crippen LogP contribution in [0.15, 0.2) is 24.3 Å². The van der Waals surface area contributed by atoms with Crippen LogP contribution in [0.3, 0.4) is 0 Å². The van der Waals surface area contributed by atoms with Crippen LogP contribution < -0.4 is 0 Å². The number of nitrogens with one attached hydrogen (secondary N) is 1. The number of pyridine rings is 1. The van der Waals surface area contributed by atoms with Crippen LogP contribution in [0.2, 0.25) is 0 Å². The van der Waals surface area contributed by atoms with Crippen LogP contribution in [0, 0.1) is 22.9 Å². The van der Waals surface area contributed by atoms with Gasteiger partial charge in [0.25, 0.3) is 0 Å². The van der Waals surface area contributed by atoms with Crippen LogP contribution in [0.1, 0.15) is 22.3 Å². The molecule has 1 aliphatic rings. The lowest BCUT2D eigenvalue weighted by molar-refractivity contribution is 1.20. The fourth-order valence-corrected chi connectivity index (χ4v) is 2.52. The summed E-state index contributed by atoms with van der Waals surface area (Å²) in [5.41, 5.74) is 6.55. The second-order valence-corrected chi connectivity index (χ2v) is 4.77. The number of aromatic amines is 1. The maximum Gasteiger partial charge on any atom is 0.121 e. The molecule has 0 aliphatic heterocycles. The molecule has 0 amide bonds. The van der Waals surface area contributed by atoms with E-state index in [0.717, 1.165) is 17.7 Å². The predicted octanol–water partition coefficient (Wildman–Crippen LogP) is 3.50. The van der Waals surface area contributed by atoms with Crippen molar-refractivity contribution in [1.29, 1.82) is 5.26 Å². The van der Waals surface area contributed by atoms with Crippen molar-refractivity contribution in [2.75, 3.05) is 0 Å². The van der Waals surface area contributed by atoms with Crippen molar-refractivity contribution in [2.45, 2.75) is 13.3 Å². The number of H-pyrrole nitrogens is 1. The highest BCUT2D eigenvalue weighted by Gasteiger charge is 2.19. The first-order valence-electron chi connectivity index (χ1n) is 5.45. The second-order valence-electron chi connectivity index (χ2n) is 4.36. The average molecular weight is 238 g/mol. The Morgan fingerprint density at radius 2 is 2.12 bits per heavy atom. The van der Waals surface area contributed by atoms with Crippen LogP contribution in [0.25, 0.3) is 11.3 Å². The van der Waals surface area contributed by atoms with Gasteiger partial charge in [0.05, 0.1) is 11.3 Å². The summed E-state index contributed by atoms with van der Waals surface area (Å²) in [7, 11) is 0. The summed E-state index contributed by atoms with van der Waals surface area (Å²) in [5.74, 6) is 0. The molecule has 17 heavy (non-hydrogen) atoms. The molecule has 0 bridgehead atoms. The first-order chi connectivity index (χ1) is 8.19. The van der Waals surface area contributed by atoms with Crippen LogP contribution >= 0.6 is 12.2 Å². The topological polar surface area (TPSA) is 39.6 Å². The normalized spacial score (nSPS) is 11.8. The van der Waals surface area contributed by atoms with Gasteiger partial charge in [-0.3, -0.25) is 0 Å². The molecule has 1 N–H and O–H groups in total. The molecule has 3 rings (SSSR count). The zero-order valence-electron chi connectivity index (χ0n) is 9.37. The molecule has 2 nitrogen and oxygen atoms in total. The van der Waals surface area contributed by atoms with Gasteiger partial charge in [0.2, 0.25) is 0 Å². The summed E-state index contributed by atoms with van der Waals surface area (Å²) >= 11 is 5.18. The summed E-state index contributed by atoms with van der Waals surface area (Å²) in [6.45, 7) is 2.08. The van der Waals surface area contributed by atoms with Gasteiger partial charge in [-0.25, -0.2) is 0 Å². The molecule has 0 unspecified atom stereocenters. The molecule has 0 fully saturated rings. The fraction of sp³-hybridized carbons (Fsp3) is 0.143. The Kier molecular flexibility index (Phi) is 2.13. The third-order valence-corrected chi connectivity index (χ3v) is 3.48. The summed E-state index contributed by atoms with van der Waals surface area (Å²) in [5, 5.41) is 8.97. The molecule has 0 saturated heterocycles. The molecular weight excluding hydrogens is 228 g/mol. The zero-order chi connectivity index (χ0) is 12.0. The summed E-state index contributed by atoms with van der Waals surface area (Å²) in [6, 6.07) is 10.5. The van der Waals surface area contributed by atoms with Crippen LogP contribution in [0.5, 0.6) is 0 Å². The molecular formula is C14H10N2S. The molecule has 1 aromatic carbocycles. The van der Waals surface area contributed by atoms with E-state index in [1.807, 2.05) is 6.07 Å². The zero-order valence-corrected chi connectivity index (χ0v) is 10.2. The van der Waals surface area contributed by atoms with Crippen LogP contribution in [-0.2, 0) is 6.42 Å². The number of aryl methyl sites for hydroxylation is 1. The molecule has 0 spiro atoms. The summed E-state index contributed by atoms with van der Waals surface area (Å²) in [4.78, 5) is 3.18. The number of aromatic nitrogens is 1. The van der Waals surface area contributed by atoms with Crippen molar-refractivity contribution >= 4 is 12.2 Å². The molecule has 0 radical (unpaired) electrons. The van der Waals surface area contributed by atoms with Crippen molar-refractivity contribution in [3.63, 3.8) is 0 Å². The highest BCUT2D eigenvalue weighted by Crippen LogP contribution is 2.35. The molecule has 2 aromatic rings. The number of hydrogen-bond acceptors (Lipinski definition) is 2. The molecule has 1 aromatic heterocycles. The van der Waals surface area contributed by atoms with E-state index < -0.39 is 0 Å². The summed E-state index contributed by atoms with van der Waals surface area (Å²) < 4.78 is 0.528. The SMILES string of the molecule is Cc1ccc2c(c1)-c1[nH]c(=S)c(C#N)cc1C2. The molecule has 1 heterocycles. The lowest BCUT2D eigenvalue weighted by atomic mass is 10.1. The first-order valence-corrected chi connectivity index (χ1v) is 5.86. The largest absolute Gasteiger partial charge is 0.345 e. The Labute approximate surface area is 105 Å². The van der Waals surface area contributed by atoms with E-state index in [1.165, 1.54) is 16.7 Å². The summed E-state index contributed by atoms with van der Waals surface area (Å²) in [6.07, 6.45) is 0.881. The first kappa shape index (κ1) is 10.2. The number of nitrogens with zero attached hydrogens (tertiary/aromatic N) is 1. The van der Waals surface area contributed by atoms with E-state index in [4.69, 9.17) is 17.5 Å². The number of fused-ring (bicyclic) bond motifs is 3. The van der Waals surface area contributed by atoms with Crippen molar-refractivity contribution in [1.82, 2.24) is 4.98 Å². The minimum atomic E-state index is 0.528. The molecule has 1 aliphatic carbocycles. The van der Waals surface area contributed by atoms with Gasteiger partial charge in [0.1, 0.15) is 10.7 Å². The van der Waals surface area contributed by atoms with Gasteiger partial charge in [-0.1, -0.05) is 29.9 Å². The predicted molar refractivity (Wildman–Crippen MR) is 69.3 cm³/mol. The van der Waals surface area contributed by atoms with Crippen molar-refractivity contribution in [2.24, 2.45) is 0 Å². The van der Waals surface area contributed by atoms with Gasteiger partial charge in [-0.15, -0.1) is 0 Å². The number of nitriles is 1. The molecule has 3 heteroatoms. The van der Waals surface area contributed by atoms with Crippen molar-refractivity contribution in [3.05, 3.63) is 51.2 Å². The monoisotopic (exact) mass is 238 g/mol. The van der Waals surface area contributed by atoms with Gasteiger partial charge in [0.15, 0.2) is 0 Å². The van der Waals surface area contributed by atoms with Gasteiger partial charge >= 0.3 is 0 Å². The Bertz CT molecular complexity index is 720. The van der Waals surface area contributed by atoms with Gasteiger partial charge in [0, 0.05) is 12.0 Å². The van der Waals surface area contributed by atoms with Gasteiger partial charge < -0.3 is 4.98 Å². The maximum atomic E-state index is 8.97. The molecule has 0 atom stereocenters. The smallest absolute Gasteiger partial charge is 0.121 e. The van der Waals surface area contributed by atoms with Crippen molar-refractivity contribution < 1.29 is 0 Å². The van der Waals surface area contributed by atoms with Crippen molar-refractivity contribution in [3.8, 4) is 17.3 Å². The highest BCUT2D eigenvalue weighted by atomic mass is 32.1. The molecule has 0 saturated carbocycles. The standard InChI is InChI=1S/C14H10N2S/c1-8-2-3-9-5-10-6-11(7-15)14(17)16-13(10)12(9)4-8/h2-4,6H,5H2,1H3,(H,16,17). The number of hydrogen-bond donors (Lipinski definition) is 1. The lowest BCUT2D eigenvalue weighted by Crippen LogP contribution is -1.89. The second kappa shape index (κ2) is 3.54. The quantitative estimate of drug-likeness (QED) is 0.609.